The molecule has 2 N–H and O–H groups in total. The van der Waals surface area contributed by atoms with E-state index in [1.54, 1.807) is 14.2 Å². The van der Waals surface area contributed by atoms with E-state index in [0.29, 0.717) is 12.6 Å². The Hall–Kier alpha value is -1.80. The van der Waals surface area contributed by atoms with E-state index in [2.05, 4.69) is 64.8 Å². The van der Waals surface area contributed by atoms with Gasteiger partial charge in [-0.25, -0.2) is 0 Å². The zero-order valence-corrected chi connectivity index (χ0v) is 18.9. The van der Waals surface area contributed by atoms with Crippen LogP contribution in [0.25, 0.3) is 0 Å². The number of guanidine groups is 1. The minimum Gasteiger partial charge on any atom is -0.497 e. The summed E-state index contributed by atoms with van der Waals surface area (Å²) in [5.74, 6) is 1.66. The third-order valence-corrected chi connectivity index (χ3v) is 4.41. The summed E-state index contributed by atoms with van der Waals surface area (Å²) in [6.07, 6.45) is 0. The van der Waals surface area contributed by atoms with Crippen LogP contribution in [0.15, 0.2) is 59.6 Å². The van der Waals surface area contributed by atoms with Crippen LogP contribution < -0.4 is 15.4 Å². The maximum atomic E-state index is 5.26. The number of methoxy groups -OCH3 is 1. The molecule has 6 heteroatoms. The molecule has 0 fully saturated rings. The van der Waals surface area contributed by atoms with Crippen molar-refractivity contribution in [3.05, 3.63) is 65.7 Å². The molecule has 5 nitrogen and oxygen atoms in total. The average Bonchev–Trinajstić information content (AvgIpc) is 2.68. The zero-order valence-electron chi connectivity index (χ0n) is 16.6. The lowest BCUT2D eigenvalue weighted by atomic mass is 10.2. The van der Waals surface area contributed by atoms with Crippen molar-refractivity contribution in [3.63, 3.8) is 0 Å². The summed E-state index contributed by atoms with van der Waals surface area (Å²) in [5.41, 5.74) is 2.48. The largest absolute Gasteiger partial charge is 0.497 e. The number of rotatable bonds is 8. The second kappa shape index (κ2) is 12.6. The van der Waals surface area contributed by atoms with E-state index in [9.17, 15) is 0 Å². The van der Waals surface area contributed by atoms with Gasteiger partial charge in [-0.15, -0.1) is 24.0 Å². The lowest BCUT2D eigenvalue weighted by Crippen LogP contribution is -2.44. The first-order valence-electron chi connectivity index (χ1n) is 8.94. The van der Waals surface area contributed by atoms with E-state index in [1.807, 2.05) is 24.3 Å². The molecule has 0 aliphatic carbocycles. The van der Waals surface area contributed by atoms with Crippen LogP contribution in [0.1, 0.15) is 18.1 Å². The van der Waals surface area contributed by atoms with Gasteiger partial charge in [0.15, 0.2) is 5.96 Å². The fourth-order valence-corrected chi connectivity index (χ4v) is 2.62. The van der Waals surface area contributed by atoms with Gasteiger partial charge in [0.1, 0.15) is 5.75 Å². The first kappa shape index (κ1) is 23.2. The first-order valence-corrected chi connectivity index (χ1v) is 8.94. The van der Waals surface area contributed by atoms with E-state index in [1.165, 1.54) is 5.56 Å². The van der Waals surface area contributed by atoms with Gasteiger partial charge in [-0.1, -0.05) is 42.5 Å². The lowest BCUT2D eigenvalue weighted by molar-refractivity contribution is 0.249. The van der Waals surface area contributed by atoms with Crippen LogP contribution in [0.3, 0.4) is 0 Å². The molecule has 0 aliphatic rings. The van der Waals surface area contributed by atoms with Crippen LogP contribution in [0, 0.1) is 0 Å². The quantitative estimate of drug-likeness (QED) is 0.344. The fourth-order valence-electron chi connectivity index (χ4n) is 2.62. The molecule has 0 bridgehead atoms. The highest BCUT2D eigenvalue weighted by atomic mass is 127. The highest BCUT2D eigenvalue weighted by molar-refractivity contribution is 14.0. The highest BCUT2D eigenvalue weighted by Crippen LogP contribution is 2.12. The molecule has 0 saturated carbocycles. The summed E-state index contributed by atoms with van der Waals surface area (Å²) in [5, 5.41) is 6.75. The summed E-state index contributed by atoms with van der Waals surface area (Å²) >= 11 is 0. The molecule has 27 heavy (non-hydrogen) atoms. The predicted octanol–water partition coefficient (Wildman–Crippen LogP) is 3.50. The minimum atomic E-state index is 0. The molecule has 0 aliphatic heterocycles. The summed E-state index contributed by atoms with van der Waals surface area (Å²) in [6, 6.07) is 18.9. The lowest BCUT2D eigenvalue weighted by Gasteiger charge is -2.25. The van der Waals surface area contributed by atoms with Gasteiger partial charge in [-0.3, -0.25) is 9.89 Å². The number of aliphatic imine (C=N–C) groups is 1. The second-order valence-corrected chi connectivity index (χ2v) is 6.41. The highest BCUT2D eigenvalue weighted by Gasteiger charge is 2.10. The standard InChI is InChI=1S/C21H30N4O.HI/c1-17(25(3)16-18-9-6-5-7-10-18)14-23-21(22-2)24-15-19-11-8-12-20(13-19)26-4;/h5-13,17H,14-16H2,1-4H3,(H2,22,23,24);1H. The van der Waals surface area contributed by atoms with Crippen molar-refractivity contribution in [2.24, 2.45) is 4.99 Å². The van der Waals surface area contributed by atoms with Crippen molar-refractivity contribution >= 4 is 29.9 Å². The van der Waals surface area contributed by atoms with Crippen LogP contribution in [0.4, 0.5) is 0 Å². The molecule has 0 saturated heterocycles. The molecule has 1 unspecified atom stereocenters. The van der Waals surface area contributed by atoms with Crippen molar-refractivity contribution in [2.45, 2.75) is 26.1 Å². The number of likely N-dealkylation sites (N-methyl/N-ethyl adjacent to an activating group) is 1. The van der Waals surface area contributed by atoms with Gasteiger partial charge >= 0.3 is 0 Å². The van der Waals surface area contributed by atoms with Crippen LogP contribution >= 0.6 is 24.0 Å². The third kappa shape index (κ3) is 8.17. The van der Waals surface area contributed by atoms with Crippen molar-refractivity contribution in [2.75, 3.05) is 27.7 Å². The number of hydrogen-bond acceptors (Lipinski definition) is 3. The Morgan fingerprint density at radius 1 is 1.07 bits per heavy atom. The van der Waals surface area contributed by atoms with Gasteiger partial charge in [0.25, 0.3) is 0 Å². The van der Waals surface area contributed by atoms with Gasteiger partial charge < -0.3 is 15.4 Å². The van der Waals surface area contributed by atoms with E-state index < -0.39 is 0 Å². The van der Waals surface area contributed by atoms with Crippen LogP contribution in [-0.4, -0.2) is 44.7 Å². The van der Waals surface area contributed by atoms with E-state index in [0.717, 1.165) is 30.4 Å². The molecular weight excluding hydrogens is 451 g/mol. The predicted molar refractivity (Wildman–Crippen MR) is 124 cm³/mol. The molecular formula is C21H31IN4O. The fraction of sp³-hybridized carbons (Fsp3) is 0.381. The topological polar surface area (TPSA) is 48.9 Å². The van der Waals surface area contributed by atoms with Gasteiger partial charge in [-0.2, -0.15) is 0 Å². The smallest absolute Gasteiger partial charge is 0.191 e. The number of nitrogens with zero attached hydrogens (tertiary/aromatic N) is 2. The van der Waals surface area contributed by atoms with E-state index >= 15 is 0 Å². The maximum Gasteiger partial charge on any atom is 0.191 e. The minimum absolute atomic E-state index is 0. The number of ether oxygens (including phenoxy) is 1. The number of hydrogen-bond donors (Lipinski definition) is 2. The average molecular weight is 482 g/mol. The summed E-state index contributed by atoms with van der Waals surface area (Å²) in [6.45, 7) is 4.66. The Morgan fingerprint density at radius 3 is 2.44 bits per heavy atom. The van der Waals surface area contributed by atoms with Crippen LogP contribution in [0.5, 0.6) is 5.75 Å². The van der Waals surface area contributed by atoms with Crippen molar-refractivity contribution in [3.8, 4) is 5.75 Å². The molecule has 2 aromatic carbocycles. The Bertz CT molecular complexity index is 694. The van der Waals surface area contributed by atoms with Crippen molar-refractivity contribution in [1.29, 1.82) is 0 Å². The summed E-state index contributed by atoms with van der Waals surface area (Å²) in [4.78, 5) is 6.64. The molecule has 148 valence electrons. The Kier molecular flexibility index (Phi) is 10.8. The maximum absolute atomic E-state index is 5.26. The molecule has 0 radical (unpaired) electrons. The Morgan fingerprint density at radius 2 is 1.78 bits per heavy atom. The van der Waals surface area contributed by atoms with Gasteiger partial charge in [-0.05, 0) is 37.2 Å². The molecule has 1 atom stereocenters. The van der Waals surface area contributed by atoms with Crippen molar-refractivity contribution in [1.82, 2.24) is 15.5 Å². The van der Waals surface area contributed by atoms with E-state index in [-0.39, 0.29) is 24.0 Å². The van der Waals surface area contributed by atoms with Gasteiger partial charge in [0.05, 0.1) is 7.11 Å². The first-order chi connectivity index (χ1) is 12.6. The van der Waals surface area contributed by atoms with Gasteiger partial charge in [0.2, 0.25) is 0 Å². The SMILES string of the molecule is CN=C(NCc1cccc(OC)c1)NCC(C)N(C)Cc1ccccc1.I. The number of halogens is 1. The molecule has 0 heterocycles. The Balaban J connectivity index is 0.00000364. The Labute approximate surface area is 180 Å². The summed E-state index contributed by atoms with van der Waals surface area (Å²) in [7, 11) is 5.62. The van der Waals surface area contributed by atoms with Gasteiger partial charge in [0, 0.05) is 32.7 Å². The van der Waals surface area contributed by atoms with Crippen LogP contribution in [0.2, 0.25) is 0 Å². The molecule has 2 rings (SSSR count). The monoisotopic (exact) mass is 482 g/mol. The molecule has 0 aromatic heterocycles. The van der Waals surface area contributed by atoms with Crippen LogP contribution in [-0.2, 0) is 13.1 Å². The van der Waals surface area contributed by atoms with Crippen molar-refractivity contribution < 1.29 is 4.74 Å². The second-order valence-electron chi connectivity index (χ2n) is 6.41. The number of benzene rings is 2. The normalized spacial score (nSPS) is 12.3. The van der Waals surface area contributed by atoms with E-state index in [4.69, 9.17) is 4.74 Å². The molecule has 0 spiro atoms. The summed E-state index contributed by atoms with van der Waals surface area (Å²) < 4.78 is 5.26. The number of nitrogens with one attached hydrogen (secondary N) is 2. The zero-order chi connectivity index (χ0) is 18.8. The third-order valence-electron chi connectivity index (χ3n) is 4.41. The molecule has 2 aromatic rings. The molecule has 0 amide bonds.